The van der Waals surface area contributed by atoms with Crippen molar-refractivity contribution in [1.29, 1.82) is 0 Å². The van der Waals surface area contributed by atoms with Crippen molar-refractivity contribution < 1.29 is 24.2 Å². The molecule has 138 valence electrons. The molecule has 2 rings (SSSR count). The van der Waals surface area contributed by atoms with E-state index in [1.165, 1.54) is 11.8 Å². The van der Waals surface area contributed by atoms with Crippen LogP contribution in [0.2, 0.25) is 0 Å². The van der Waals surface area contributed by atoms with Crippen LogP contribution in [0.5, 0.6) is 0 Å². The number of hydrogen-bond donors (Lipinski definition) is 3. The minimum atomic E-state index is -3.87. The fourth-order valence-corrected chi connectivity index (χ4v) is 5.66. The predicted molar refractivity (Wildman–Crippen MR) is 94.3 cm³/mol. The monoisotopic (exact) mass is 368 g/mol. The molecule has 0 saturated carbocycles. The zero-order valence-electron chi connectivity index (χ0n) is 14.2. The number of hydrogen-bond acceptors (Lipinski definition) is 4. The number of nitrogens with two attached hydrogens (primary N) is 1. The summed E-state index contributed by atoms with van der Waals surface area (Å²) in [5.41, 5.74) is 6.41. The topological polar surface area (TPSA) is 121 Å². The molecule has 25 heavy (non-hydrogen) atoms. The number of benzene rings is 1. The molecular weight excluding hydrogens is 343 g/mol. The quantitative estimate of drug-likeness (QED) is 0.627. The largest absolute Gasteiger partial charge is 0.481 e. The maximum atomic E-state index is 12.9. The third-order valence-electron chi connectivity index (χ3n) is 4.52. The summed E-state index contributed by atoms with van der Waals surface area (Å²) in [6.45, 7) is 1.92. The predicted octanol–water partition coefficient (Wildman–Crippen LogP) is 1.50. The average molecular weight is 368 g/mol. The molecule has 0 aromatic heterocycles. The van der Waals surface area contributed by atoms with Crippen molar-refractivity contribution >= 4 is 19.2 Å². The van der Waals surface area contributed by atoms with Gasteiger partial charge in [0, 0.05) is 12.7 Å². The number of carboxylic acid groups (broad SMARTS) is 1. The van der Waals surface area contributed by atoms with Crippen LogP contribution in [0.4, 0.5) is 0 Å². The van der Waals surface area contributed by atoms with Crippen molar-refractivity contribution in [3.05, 3.63) is 35.9 Å². The normalized spacial score (nSPS) is 22.2. The van der Waals surface area contributed by atoms with E-state index in [1.54, 1.807) is 24.3 Å². The van der Waals surface area contributed by atoms with E-state index in [-0.39, 0.29) is 18.5 Å². The van der Waals surface area contributed by atoms with Gasteiger partial charge in [-0.25, -0.2) is 0 Å². The number of likely N-dealkylation sites (tertiary alicyclic amines) is 1. The lowest BCUT2D eigenvalue weighted by molar-refractivity contribution is -0.141. The van der Waals surface area contributed by atoms with E-state index in [4.69, 9.17) is 5.73 Å². The van der Waals surface area contributed by atoms with Gasteiger partial charge in [0.2, 0.25) is 13.3 Å². The van der Waals surface area contributed by atoms with Crippen LogP contribution < -0.4 is 5.73 Å². The van der Waals surface area contributed by atoms with Gasteiger partial charge in [-0.2, -0.15) is 0 Å². The summed E-state index contributed by atoms with van der Waals surface area (Å²) < 4.78 is 12.9. The molecule has 1 unspecified atom stereocenters. The van der Waals surface area contributed by atoms with Crippen molar-refractivity contribution in [2.45, 2.75) is 38.0 Å². The molecular formula is C17H25N2O5P. The van der Waals surface area contributed by atoms with Crippen molar-refractivity contribution in [3.63, 3.8) is 0 Å². The number of carbonyl (C=O) groups excluding carboxylic acids is 1. The van der Waals surface area contributed by atoms with E-state index in [2.05, 4.69) is 0 Å². The molecule has 1 fully saturated rings. The van der Waals surface area contributed by atoms with Gasteiger partial charge in [0.1, 0.15) is 5.78 Å². The Balaban J connectivity index is 2.15. The SMILES string of the molecule is C[C@H](N)C(=O)N1CCC[C@@H]1P(=O)(O)C[C@@H](Cc1ccccc1)C(=O)O. The molecule has 7 nitrogen and oxygen atoms in total. The van der Waals surface area contributed by atoms with Gasteiger partial charge in [-0.15, -0.1) is 0 Å². The van der Waals surface area contributed by atoms with Gasteiger partial charge in [0.25, 0.3) is 0 Å². The highest BCUT2D eigenvalue weighted by atomic mass is 31.2. The van der Waals surface area contributed by atoms with Gasteiger partial charge in [0.15, 0.2) is 0 Å². The minimum Gasteiger partial charge on any atom is -0.481 e. The lowest BCUT2D eigenvalue weighted by Crippen LogP contribution is -2.45. The van der Waals surface area contributed by atoms with Gasteiger partial charge >= 0.3 is 5.97 Å². The summed E-state index contributed by atoms with van der Waals surface area (Å²) in [7, 11) is -3.87. The van der Waals surface area contributed by atoms with Gasteiger partial charge in [0.05, 0.1) is 12.0 Å². The fourth-order valence-electron chi connectivity index (χ4n) is 3.25. The van der Waals surface area contributed by atoms with Crippen LogP contribution in [0.1, 0.15) is 25.3 Å². The smallest absolute Gasteiger partial charge is 0.307 e. The number of nitrogens with zero attached hydrogens (tertiary/aromatic N) is 1. The Labute approximate surface area is 147 Å². The first kappa shape index (κ1) is 19.6. The summed E-state index contributed by atoms with van der Waals surface area (Å²) in [6, 6.07) is 8.26. The first-order valence-corrected chi connectivity index (χ1v) is 10.3. The van der Waals surface area contributed by atoms with E-state index in [0.29, 0.717) is 19.4 Å². The summed E-state index contributed by atoms with van der Waals surface area (Å²) in [4.78, 5) is 35.7. The molecule has 4 atom stereocenters. The Kier molecular flexibility index (Phi) is 6.38. The zero-order valence-corrected chi connectivity index (χ0v) is 15.1. The summed E-state index contributed by atoms with van der Waals surface area (Å²) >= 11 is 0. The van der Waals surface area contributed by atoms with E-state index < -0.39 is 31.1 Å². The summed E-state index contributed by atoms with van der Waals surface area (Å²) in [6.07, 6.45) is 0.827. The molecule has 1 heterocycles. The van der Waals surface area contributed by atoms with Gasteiger partial charge < -0.3 is 20.6 Å². The standard InChI is InChI=1S/C17H25N2O5P/c1-12(18)16(20)19-9-5-8-15(19)25(23,24)11-14(17(21)22)10-13-6-3-2-4-7-13/h2-4,6-7,12,14-15H,5,8-11,18H2,1H3,(H,21,22)(H,23,24)/t12-,14+,15-/m0/s1. The first-order chi connectivity index (χ1) is 11.7. The molecule has 4 N–H and O–H groups in total. The van der Waals surface area contributed by atoms with Crippen molar-refractivity contribution in [3.8, 4) is 0 Å². The Hall–Kier alpha value is -1.69. The molecule has 1 aromatic carbocycles. The highest BCUT2D eigenvalue weighted by Crippen LogP contribution is 2.53. The maximum Gasteiger partial charge on any atom is 0.307 e. The lowest BCUT2D eigenvalue weighted by atomic mass is 10.0. The van der Waals surface area contributed by atoms with E-state index in [1.807, 2.05) is 6.07 Å². The molecule has 1 aliphatic heterocycles. The second-order valence-corrected chi connectivity index (χ2v) is 9.08. The maximum absolute atomic E-state index is 12.9. The summed E-state index contributed by atoms with van der Waals surface area (Å²) in [5.74, 6) is -3.30. The number of aliphatic carboxylic acids is 1. The Bertz CT molecular complexity index is 664. The Morgan fingerprint density at radius 2 is 2.00 bits per heavy atom. The second-order valence-electron chi connectivity index (χ2n) is 6.61. The zero-order chi connectivity index (χ0) is 18.6. The Morgan fingerprint density at radius 3 is 2.56 bits per heavy atom. The van der Waals surface area contributed by atoms with Gasteiger partial charge in [-0.1, -0.05) is 30.3 Å². The van der Waals surface area contributed by atoms with Crippen molar-refractivity contribution in [1.82, 2.24) is 4.90 Å². The van der Waals surface area contributed by atoms with Crippen LogP contribution in [0.15, 0.2) is 30.3 Å². The number of rotatable bonds is 7. The van der Waals surface area contributed by atoms with E-state index >= 15 is 0 Å². The molecule has 0 radical (unpaired) electrons. The third-order valence-corrected chi connectivity index (χ3v) is 6.95. The van der Waals surface area contributed by atoms with Crippen LogP contribution in [-0.4, -0.2) is 51.3 Å². The molecule has 1 saturated heterocycles. The molecule has 1 aliphatic rings. The number of amides is 1. The molecule has 8 heteroatoms. The highest BCUT2D eigenvalue weighted by Gasteiger charge is 2.44. The van der Waals surface area contributed by atoms with Crippen LogP contribution in [-0.2, 0) is 20.6 Å². The molecule has 1 amide bonds. The van der Waals surface area contributed by atoms with Crippen molar-refractivity contribution in [2.24, 2.45) is 11.7 Å². The molecule has 1 aromatic rings. The van der Waals surface area contributed by atoms with E-state index in [0.717, 1.165) is 5.56 Å². The second kappa shape index (κ2) is 8.13. The Morgan fingerprint density at radius 1 is 1.36 bits per heavy atom. The number of carboxylic acids is 1. The summed E-state index contributed by atoms with van der Waals surface area (Å²) in [5, 5.41) is 9.47. The van der Waals surface area contributed by atoms with Crippen LogP contribution >= 0.6 is 7.37 Å². The van der Waals surface area contributed by atoms with Crippen LogP contribution in [0.25, 0.3) is 0 Å². The van der Waals surface area contributed by atoms with Crippen LogP contribution in [0.3, 0.4) is 0 Å². The van der Waals surface area contributed by atoms with Crippen molar-refractivity contribution in [2.75, 3.05) is 12.7 Å². The highest BCUT2D eigenvalue weighted by molar-refractivity contribution is 7.58. The van der Waals surface area contributed by atoms with Crippen LogP contribution in [0, 0.1) is 5.92 Å². The third kappa shape index (κ3) is 4.91. The fraction of sp³-hybridized carbons (Fsp3) is 0.529. The molecule has 0 aliphatic carbocycles. The first-order valence-electron chi connectivity index (χ1n) is 8.36. The molecule has 0 bridgehead atoms. The lowest BCUT2D eigenvalue weighted by Gasteiger charge is -2.30. The minimum absolute atomic E-state index is 0.175. The number of carbonyl (C=O) groups is 2. The van der Waals surface area contributed by atoms with Gasteiger partial charge in [-0.3, -0.25) is 14.2 Å². The molecule has 0 spiro atoms. The van der Waals surface area contributed by atoms with E-state index in [9.17, 15) is 24.2 Å². The van der Waals surface area contributed by atoms with Gasteiger partial charge in [-0.05, 0) is 31.7 Å². The average Bonchev–Trinajstić information content (AvgIpc) is 3.04.